The second-order valence-electron chi connectivity index (χ2n) is 17.4. The number of likely N-dealkylation sites (N-methyl/N-ethyl adjacent to an activating group) is 1. The third-order valence-electron chi connectivity index (χ3n) is 10.9. The summed E-state index contributed by atoms with van der Waals surface area (Å²) in [5.41, 5.74) is 0. The largest absolute Gasteiger partial charge is 0.477 e. The first-order chi connectivity index (χ1) is 27.6. The number of allylic oxidation sites excluding steroid dienone is 4. The van der Waals surface area contributed by atoms with Crippen molar-refractivity contribution in [2.75, 3.05) is 41.0 Å². The molecular formula is C49H92NO7+. The number of aliphatic carboxylic acids is 1. The number of carbonyl (C=O) groups is 3. The zero-order valence-electron chi connectivity index (χ0n) is 38.1. The summed E-state index contributed by atoms with van der Waals surface area (Å²) < 4.78 is 17.3. The number of unbranched alkanes of at least 4 members (excludes halogenated alkanes) is 26. The van der Waals surface area contributed by atoms with Crippen LogP contribution in [0.4, 0.5) is 0 Å². The molecule has 0 bridgehead atoms. The van der Waals surface area contributed by atoms with Crippen molar-refractivity contribution >= 4 is 17.9 Å². The van der Waals surface area contributed by atoms with Crippen LogP contribution in [0.25, 0.3) is 0 Å². The van der Waals surface area contributed by atoms with E-state index in [-0.39, 0.29) is 36.2 Å². The molecule has 8 heteroatoms. The molecule has 0 aliphatic rings. The molecule has 0 fully saturated rings. The van der Waals surface area contributed by atoms with Crippen molar-refractivity contribution in [3.05, 3.63) is 24.3 Å². The molecule has 2 unspecified atom stereocenters. The molecule has 0 saturated carbocycles. The van der Waals surface area contributed by atoms with E-state index in [1.807, 2.05) is 21.1 Å². The summed E-state index contributed by atoms with van der Waals surface area (Å²) in [5.74, 6) is -1.49. The Morgan fingerprint density at radius 1 is 0.526 bits per heavy atom. The van der Waals surface area contributed by atoms with E-state index in [2.05, 4.69) is 38.2 Å². The minimum atomic E-state index is -0.877. The zero-order valence-corrected chi connectivity index (χ0v) is 38.1. The summed E-state index contributed by atoms with van der Waals surface area (Å²) in [7, 11) is 5.53. The number of ether oxygens (including phenoxy) is 3. The van der Waals surface area contributed by atoms with Crippen LogP contribution < -0.4 is 0 Å². The third-order valence-corrected chi connectivity index (χ3v) is 10.9. The first kappa shape index (κ1) is 54.8. The Balaban J connectivity index is 4.32. The SMILES string of the molecule is CCCCCCCCC/C=C/C=C/CCCCCC(=O)OC(COCCC(C(=O)O)[N+](C)(C)C)COC(=O)CCCCCCCCCCCCCCCCCCC. The molecule has 0 aromatic rings. The van der Waals surface area contributed by atoms with Gasteiger partial charge in [0.15, 0.2) is 12.1 Å². The van der Waals surface area contributed by atoms with Crippen LogP contribution in [0.1, 0.15) is 219 Å². The van der Waals surface area contributed by atoms with Gasteiger partial charge in [0.1, 0.15) is 6.61 Å². The summed E-state index contributed by atoms with van der Waals surface area (Å²) in [4.78, 5) is 37.0. The number of nitrogens with zero attached hydrogens (tertiary/aromatic N) is 1. The molecular weight excluding hydrogens is 715 g/mol. The maximum absolute atomic E-state index is 12.7. The first-order valence-corrected chi connectivity index (χ1v) is 23.9. The van der Waals surface area contributed by atoms with Crippen molar-refractivity contribution in [1.29, 1.82) is 0 Å². The summed E-state index contributed by atoms with van der Waals surface area (Å²) in [6, 6.07) is -0.617. The fourth-order valence-electron chi connectivity index (χ4n) is 7.14. The Bertz CT molecular complexity index is 989. The van der Waals surface area contributed by atoms with Crippen molar-refractivity contribution in [2.45, 2.75) is 231 Å². The van der Waals surface area contributed by atoms with E-state index >= 15 is 0 Å². The number of hydrogen-bond acceptors (Lipinski definition) is 6. The Labute approximate surface area is 351 Å². The van der Waals surface area contributed by atoms with Crippen LogP contribution in [-0.2, 0) is 28.6 Å². The molecule has 0 aromatic heterocycles. The highest BCUT2D eigenvalue weighted by atomic mass is 16.6. The van der Waals surface area contributed by atoms with E-state index in [0.29, 0.717) is 19.3 Å². The minimum absolute atomic E-state index is 0.0545. The van der Waals surface area contributed by atoms with Crippen molar-refractivity contribution in [3.8, 4) is 0 Å². The molecule has 2 atom stereocenters. The topological polar surface area (TPSA) is 99.1 Å². The molecule has 0 spiro atoms. The van der Waals surface area contributed by atoms with Crippen LogP contribution in [0.5, 0.6) is 0 Å². The van der Waals surface area contributed by atoms with E-state index in [4.69, 9.17) is 14.2 Å². The van der Waals surface area contributed by atoms with Gasteiger partial charge < -0.3 is 23.8 Å². The van der Waals surface area contributed by atoms with Gasteiger partial charge in [-0.05, 0) is 38.5 Å². The Morgan fingerprint density at radius 3 is 1.33 bits per heavy atom. The fraction of sp³-hybridized carbons (Fsp3) is 0.857. The van der Waals surface area contributed by atoms with E-state index in [1.165, 1.54) is 135 Å². The lowest BCUT2D eigenvalue weighted by Crippen LogP contribution is -2.50. The Morgan fingerprint density at radius 2 is 0.912 bits per heavy atom. The predicted molar refractivity (Wildman–Crippen MR) is 238 cm³/mol. The van der Waals surface area contributed by atoms with Gasteiger partial charge in [-0.15, -0.1) is 0 Å². The van der Waals surface area contributed by atoms with Crippen molar-refractivity contribution < 1.29 is 38.2 Å². The van der Waals surface area contributed by atoms with Crippen molar-refractivity contribution in [1.82, 2.24) is 0 Å². The van der Waals surface area contributed by atoms with Gasteiger partial charge in [-0.3, -0.25) is 9.59 Å². The second kappa shape index (κ2) is 40.6. The molecule has 0 amide bonds. The lowest BCUT2D eigenvalue weighted by molar-refractivity contribution is -0.887. The van der Waals surface area contributed by atoms with Crippen molar-refractivity contribution in [3.63, 3.8) is 0 Å². The highest BCUT2D eigenvalue weighted by molar-refractivity contribution is 5.72. The summed E-state index contributed by atoms with van der Waals surface area (Å²) in [6.07, 6.45) is 45.1. The fourth-order valence-corrected chi connectivity index (χ4v) is 7.14. The zero-order chi connectivity index (χ0) is 42.1. The third kappa shape index (κ3) is 39.1. The van der Waals surface area contributed by atoms with Crippen LogP contribution >= 0.6 is 0 Å². The van der Waals surface area contributed by atoms with Gasteiger partial charge in [-0.2, -0.15) is 0 Å². The van der Waals surface area contributed by atoms with E-state index in [1.54, 1.807) is 0 Å². The lowest BCUT2D eigenvalue weighted by Gasteiger charge is -2.31. The quantitative estimate of drug-likeness (QED) is 0.0283. The molecule has 0 aromatic carbocycles. The molecule has 57 heavy (non-hydrogen) atoms. The number of hydrogen-bond donors (Lipinski definition) is 1. The maximum atomic E-state index is 12.7. The van der Waals surface area contributed by atoms with Crippen LogP contribution in [0.15, 0.2) is 24.3 Å². The molecule has 1 N–H and O–H groups in total. The van der Waals surface area contributed by atoms with E-state index < -0.39 is 18.1 Å². The standard InChI is InChI=1S/C49H91NO7/c1-6-8-10-12-14-16-18-20-22-24-26-27-29-31-33-35-37-39-47(51)56-44-45(43-55-42-41-46(49(53)54)50(3,4)5)57-48(52)40-38-36-34-32-30-28-25-23-21-19-17-15-13-11-9-7-2/h23,25,28,30,45-46H,6-22,24,26-27,29,31-44H2,1-5H3/p+1/b25-23+,30-28+. The van der Waals surface area contributed by atoms with Gasteiger partial charge in [0.05, 0.1) is 34.4 Å². The summed E-state index contributed by atoms with van der Waals surface area (Å²) in [5, 5.41) is 9.63. The van der Waals surface area contributed by atoms with E-state index in [9.17, 15) is 19.5 Å². The average Bonchev–Trinajstić information content (AvgIpc) is 3.17. The van der Waals surface area contributed by atoms with Gasteiger partial charge in [0.2, 0.25) is 0 Å². The molecule has 8 nitrogen and oxygen atoms in total. The van der Waals surface area contributed by atoms with Gasteiger partial charge in [0, 0.05) is 19.3 Å². The molecule has 334 valence electrons. The molecule has 0 rings (SSSR count). The van der Waals surface area contributed by atoms with Crippen LogP contribution in [0, 0.1) is 0 Å². The van der Waals surface area contributed by atoms with Gasteiger partial charge in [0.25, 0.3) is 0 Å². The Kier molecular flexibility index (Phi) is 39.0. The smallest absolute Gasteiger partial charge is 0.362 e. The molecule has 0 aliphatic carbocycles. The van der Waals surface area contributed by atoms with E-state index in [0.717, 1.165) is 51.4 Å². The number of quaternary nitrogens is 1. The lowest BCUT2D eigenvalue weighted by atomic mass is 10.0. The molecule has 0 heterocycles. The number of esters is 2. The van der Waals surface area contributed by atoms with Crippen LogP contribution in [0.3, 0.4) is 0 Å². The minimum Gasteiger partial charge on any atom is -0.477 e. The van der Waals surface area contributed by atoms with Gasteiger partial charge in [-0.25, -0.2) is 4.79 Å². The van der Waals surface area contributed by atoms with Crippen molar-refractivity contribution in [2.24, 2.45) is 0 Å². The maximum Gasteiger partial charge on any atom is 0.362 e. The highest BCUT2D eigenvalue weighted by Crippen LogP contribution is 2.16. The average molecular weight is 807 g/mol. The Hall–Kier alpha value is -2.19. The predicted octanol–water partition coefficient (Wildman–Crippen LogP) is 13.3. The number of rotatable bonds is 43. The normalized spacial score (nSPS) is 13.1. The van der Waals surface area contributed by atoms with Crippen LogP contribution in [-0.4, -0.2) is 80.6 Å². The van der Waals surface area contributed by atoms with Gasteiger partial charge >= 0.3 is 17.9 Å². The number of carboxylic acids is 1. The monoisotopic (exact) mass is 807 g/mol. The first-order valence-electron chi connectivity index (χ1n) is 23.9. The summed E-state index contributed by atoms with van der Waals surface area (Å²) >= 11 is 0. The number of carbonyl (C=O) groups excluding carboxylic acids is 2. The number of carboxylic acid groups (broad SMARTS) is 1. The summed E-state index contributed by atoms with van der Waals surface area (Å²) in [6.45, 7) is 4.73. The van der Waals surface area contributed by atoms with Crippen LogP contribution in [0.2, 0.25) is 0 Å². The van der Waals surface area contributed by atoms with Gasteiger partial charge in [-0.1, -0.05) is 186 Å². The molecule has 0 radical (unpaired) electrons. The molecule has 0 aliphatic heterocycles. The molecule has 0 saturated heterocycles. The second-order valence-corrected chi connectivity index (χ2v) is 17.4. The highest BCUT2D eigenvalue weighted by Gasteiger charge is 2.31.